The second-order valence-corrected chi connectivity index (χ2v) is 6.67. The number of methoxy groups -OCH3 is 1. The second kappa shape index (κ2) is 11.2. The van der Waals surface area contributed by atoms with Gasteiger partial charge < -0.3 is 15.0 Å². The summed E-state index contributed by atoms with van der Waals surface area (Å²) in [5.74, 6) is 0.514. The molecule has 2 amide bonds. The molecule has 0 aliphatic heterocycles. The number of anilines is 1. The van der Waals surface area contributed by atoms with Gasteiger partial charge in [0.25, 0.3) is 0 Å². The molecule has 1 N–H and O–H groups in total. The Labute approximate surface area is 173 Å². The number of nitrogens with zero attached hydrogens (tertiary/aromatic N) is 2. The van der Waals surface area contributed by atoms with Crippen molar-refractivity contribution in [1.29, 1.82) is 0 Å². The Morgan fingerprint density at radius 2 is 1.66 bits per heavy atom. The van der Waals surface area contributed by atoms with Gasteiger partial charge in [-0.3, -0.25) is 14.5 Å². The molecule has 0 saturated heterocycles. The number of hydrogen-bond acceptors (Lipinski definition) is 4. The number of carbonyl (C=O) groups is 2. The number of amides is 2. The van der Waals surface area contributed by atoms with E-state index in [1.165, 1.54) is 0 Å². The van der Waals surface area contributed by atoms with E-state index in [0.29, 0.717) is 31.1 Å². The predicted molar refractivity (Wildman–Crippen MR) is 116 cm³/mol. The summed E-state index contributed by atoms with van der Waals surface area (Å²) in [7, 11) is 1.59. The van der Waals surface area contributed by atoms with E-state index in [1.54, 1.807) is 18.1 Å². The summed E-state index contributed by atoms with van der Waals surface area (Å²) >= 11 is 0. The van der Waals surface area contributed by atoms with Crippen molar-refractivity contribution >= 4 is 17.5 Å². The number of carbonyl (C=O) groups excluding carboxylic acids is 2. The van der Waals surface area contributed by atoms with E-state index < -0.39 is 6.04 Å². The van der Waals surface area contributed by atoms with Crippen molar-refractivity contribution in [2.75, 3.05) is 38.6 Å². The van der Waals surface area contributed by atoms with Gasteiger partial charge in [0.05, 0.1) is 13.7 Å². The molecule has 0 heterocycles. The number of likely N-dealkylation sites (N-methyl/N-ethyl adjacent to an activating group) is 2. The molecule has 0 spiro atoms. The lowest BCUT2D eigenvalue weighted by molar-refractivity contribution is -0.137. The van der Waals surface area contributed by atoms with Crippen molar-refractivity contribution in [1.82, 2.24) is 9.80 Å². The van der Waals surface area contributed by atoms with E-state index in [1.807, 2.05) is 74.2 Å². The maximum atomic E-state index is 13.3. The number of hydrogen-bond donors (Lipinski definition) is 1. The summed E-state index contributed by atoms with van der Waals surface area (Å²) in [6, 6.07) is 16.4. The molecule has 1 atom stereocenters. The van der Waals surface area contributed by atoms with Crippen LogP contribution in [0.4, 0.5) is 5.69 Å². The molecule has 6 nitrogen and oxygen atoms in total. The van der Waals surface area contributed by atoms with Gasteiger partial charge in [0.1, 0.15) is 11.8 Å². The van der Waals surface area contributed by atoms with E-state index in [2.05, 4.69) is 5.32 Å². The van der Waals surface area contributed by atoms with Gasteiger partial charge >= 0.3 is 0 Å². The molecule has 0 bridgehead atoms. The molecule has 6 heteroatoms. The van der Waals surface area contributed by atoms with Crippen molar-refractivity contribution in [2.45, 2.75) is 26.8 Å². The van der Waals surface area contributed by atoms with Crippen molar-refractivity contribution in [3.8, 4) is 5.75 Å². The second-order valence-electron chi connectivity index (χ2n) is 6.67. The van der Waals surface area contributed by atoms with Crippen LogP contribution in [0, 0.1) is 0 Å². The highest BCUT2D eigenvalue weighted by Gasteiger charge is 2.30. The first-order chi connectivity index (χ1) is 14.0. The van der Waals surface area contributed by atoms with Gasteiger partial charge in [-0.1, -0.05) is 43.3 Å². The molecule has 0 aromatic heterocycles. The highest BCUT2D eigenvalue weighted by atomic mass is 16.5. The van der Waals surface area contributed by atoms with Crippen LogP contribution in [0.5, 0.6) is 5.75 Å². The zero-order chi connectivity index (χ0) is 21.2. The summed E-state index contributed by atoms with van der Waals surface area (Å²) in [5.41, 5.74) is 1.55. The average molecular weight is 398 g/mol. The molecule has 0 aliphatic carbocycles. The summed E-state index contributed by atoms with van der Waals surface area (Å²) in [6.07, 6.45) is 0. The van der Waals surface area contributed by atoms with Crippen LogP contribution >= 0.6 is 0 Å². The van der Waals surface area contributed by atoms with Crippen molar-refractivity contribution in [3.63, 3.8) is 0 Å². The molecule has 0 fully saturated rings. The monoisotopic (exact) mass is 397 g/mol. The molecule has 2 rings (SSSR count). The van der Waals surface area contributed by atoms with Crippen LogP contribution in [0.1, 0.15) is 32.4 Å². The Kier molecular flexibility index (Phi) is 8.68. The molecule has 156 valence electrons. The van der Waals surface area contributed by atoms with Crippen molar-refractivity contribution < 1.29 is 14.3 Å². The normalized spacial score (nSPS) is 11.8. The summed E-state index contributed by atoms with van der Waals surface area (Å²) < 4.78 is 5.21. The third kappa shape index (κ3) is 6.06. The number of nitrogens with one attached hydrogen (secondary N) is 1. The smallest absolute Gasteiger partial charge is 0.244 e. The lowest BCUT2D eigenvalue weighted by atomic mass is 10.0. The molecule has 0 saturated carbocycles. The van der Waals surface area contributed by atoms with Crippen LogP contribution < -0.4 is 10.1 Å². The van der Waals surface area contributed by atoms with Gasteiger partial charge in [-0.05, 0) is 38.1 Å². The quantitative estimate of drug-likeness (QED) is 0.666. The maximum absolute atomic E-state index is 13.3. The number of benzene rings is 2. The highest BCUT2D eigenvalue weighted by molar-refractivity contribution is 5.93. The van der Waals surface area contributed by atoms with Crippen LogP contribution in [0.25, 0.3) is 0 Å². The van der Waals surface area contributed by atoms with Crippen LogP contribution in [0.15, 0.2) is 54.6 Å². The highest BCUT2D eigenvalue weighted by Crippen LogP contribution is 2.24. The maximum Gasteiger partial charge on any atom is 0.244 e. The molecule has 2 aromatic carbocycles. The Morgan fingerprint density at radius 1 is 0.966 bits per heavy atom. The molecule has 29 heavy (non-hydrogen) atoms. The van der Waals surface area contributed by atoms with E-state index in [-0.39, 0.29) is 18.4 Å². The number of ether oxygens (including phenoxy) is 1. The zero-order valence-electron chi connectivity index (χ0n) is 17.7. The fraction of sp³-hybridized carbons (Fsp3) is 0.391. The molecule has 1 unspecified atom stereocenters. The van der Waals surface area contributed by atoms with Crippen molar-refractivity contribution in [3.05, 3.63) is 60.2 Å². The van der Waals surface area contributed by atoms with Gasteiger partial charge in [-0.2, -0.15) is 0 Å². The minimum Gasteiger partial charge on any atom is -0.497 e. The first-order valence-electron chi connectivity index (χ1n) is 10.1. The van der Waals surface area contributed by atoms with Gasteiger partial charge in [-0.15, -0.1) is 0 Å². The lowest BCUT2D eigenvalue weighted by Gasteiger charge is -2.33. The van der Waals surface area contributed by atoms with Gasteiger partial charge in [0.15, 0.2) is 0 Å². The first-order valence-corrected chi connectivity index (χ1v) is 10.1. The fourth-order valence-corrected chi connectivity index (χ4v) is 3.32. The van der Waals surface area contributed by atoms with E-state index >= 15 is 0 Å². The van der Waals surface area contributed by atoms with Gasteiger partial charge in [-0.25, -0.2) is 0 Å². The minimum atomic E-state index is -0.503. The Morgan fingerprint density at radius 3 is 2.24 bits per heavy atom. The summed E-state index contributed by atoms with van der Waals surface area (Å²) in [4.78, 5) is 29.7. The summed E-state index contributed by atoms with van der Waals surface area (Å²) in [5, 5.41) is 2.90. The summed E-state index contributed by atoms with van der Waals surface area (Å²) in [6.45, 7) is 7.84. The molecule has 0 radical (unpaired) electrons. The Hall–Kier alpha value is -2.86. The molecule has 2 aromatic rings. The SMILES string of the molecule is CCN(CC)C(=O)C(c1ccccc1)N(CC)CC(=O)Nc1cccc(OC)c1. The van der Waals surface area contributed by atoms with E-state index in [4.69, 9.17) is 4.74 Å². The van der Waals surface area contributed by atoms with Gasteiger partial charge in [0, 0.05) is 24.8 Å². The fourth-order valence-electron chi connectivity index (χ4n) is 3.32. The first kappa shape index (κ1) is 22.4. The molecular formula is C23H31N3O3. The molecular weight excluding hydrogens is 366 g/mol. The zero-order valence-corrected chi connectivity index (χ0v) is 17.7. The van der Waals surface area contributed by atoms with Crippen LogP contribution in [0.2, 0.25) is 0 Å². The Balaban J connectivity index is 2.22. The standard InChI is InChI=1S/C23H31N3O3/c1-5-25(6-2)23(28)22(18-12-9-8-10-13-18)26(7-3)17-21(27)24-19-14-11-15-20(16-19)29-4/h8-16,22H,5-7,17H2,1-4H3,(H,24,27). The van der Waals surface area contributed by atoms with E-state index in [0.717, 1.165) is 5.56 Å². The van der Waals surface area contributed by atoms with E-state index in [9.17, 15) is 9.59 Å². The molecule has 0 aliphatic rings. The third-order valence-corrected chi connectivity index (χ3v) is 4.90. The minimum absolute atomic E-state index is 0.0113. The van der Waals surface area contributed by atoms with Crippen LogP contribution in [-0.2, 0) is 9.59 Å². The van der Waals surface area contributed by atoms with Crippen LogP contribution in [-0.4, -0.2) is 54.9 Å². The van der Waals surface area contributed by atoms with Gasteiger partial charge in [0.2, 0.25) is 11.8 Å². The predicted octanol–water partition coefficient (Wildman–Crippen LogP) is 3.57. The Bertz CT molecular complexity index is 791. The third-order valence-electron chi connectivity index (χ3n) is 4.90. The largest absolute Gasteiger partial charge is 0.497 e. The van der Waals surface area contributed by atoms with Crippen molar-refractivity contribution in [2.24, 2.45) is 0 Å². The average Bonchev–Trinajstić information content (AvgIpc) is 2.75. The number of rotatable bonds is 10. The lowest BCUT2D eigenvalue weighted by Crippen LogP contribution is -2.45. The topological polar surface area (TPSA) is 61.9 Å². The van der Waals surface area contributed by atoms with Crippen LogP contribution in [0.3, 0.4) is 0 Å².